The summed E-state index contributed by atoms with van der Waals surface area (Å²) in [5, 5.41) is 2.98. The van der Waals surface area contributed by atoms with E-state index in [1.54, 1.807) is 0 Å². The molecule has 1 unspecified atom stereocenters. The molecule has 2 aliphatic rings. The van der Waals surface area contributed by atoms with Gasteiger partial charge in [0, 0.05) is 18.8 Å². The molecule has 0 saturated carbocycles. The van der Waals surface area contributed by atoms with Gasteiger partial charge in [-0.2, -0.15) is 0 Å². The van der Waals surface area contributed by atoms with Crippen molar-refractivity contribution in [1.29, 1.82) is 0 Å². The zero-order chi connectivity index (χ0) is 14.0. The van der Waals surface area contributed by atoms with Crippen molar-refractivity contribution in [2.45, 2.75) is 38.2 Å². The van der Waals surface area contributed by atoms with Gasteiger partial charge < -0.3 is 15.0 Å². The normalized spacial score (nSPS) is 25.9. The highest BCUT2D eigenvalue weighted by molar-refractivity contribution is 5.89. The van der Waals surface area contributed by atoms with E-state index in [2.05, 4.69) is 5.32 Å². The van der Waals surface area contributed by atoms with Crippen LogP contribution in [-0.4, -0.2) is 36.2 Å². The van der Waals surface area contributed by atoms with Crippen LogP contribution in [0.15, 0.2) is 24.3 Å². The predicted octanol–water partition coefficient (Wildman–Crippen LogP) is 3.17. The van der Waals surface area contributed by atoms with Crippen molar-refractivity contribution in [3.8, 4) is 0 Å². The van der Waals surface area contributed by atoms with Gasteiger partial charge >= 0.3 is 6.03 Å². The van der Waals surface area contributed by atoms with E-state index in [4.69, 9.17) is 4.74 Å². The zero-order valence-electron chi connectivity index (χ0n) is 12.0. The number of aryl methyl sites for hydroxylation is 1. The number of amides is 2. The molecule has 1 N–H and O–H groups in total. The van der Waals surface area contributed by atoms with Crippen LogP contribution in [0.4, 0.5) is 10.5 Å². The fourth-order valence-electron chi connectivity index (χ4n) is 3.00. The number of hydrogen-bond acceptors (Lipinski definition) is 2. The van der Waals surface area contributed by atoms with Gasteiger partial charge in [0.1, 0.15) is 0 Å². The number of benzene rings is 1. The van der Waals surface area contributed by atoms with Gasteiger partial charge in [0.15, 0.2) is 0 Å². The predicted molar refractivity (Wildman–Crippen MR) is 78.9 cm³/mol. The number of carbonyl (C=O) groups is 1. The first-order valence-corrected chi connectivity index (χ1v) is 7.44. The van der Waals surface area contributed by atoms with Gasteiger partial charge in [-0.3, -0.25) is 0 Å². The Morgan fingerprint density at radius 2 is 1.95 bits per heavy atom. The summed E-state index contributed by atoms with van der Waals surface area (Å²) < 4.78 is 5.74. The molecule has 2 amide bonds. The Labute approximate surface area is 120 Å². The fourth-order valence-corrected chi connectivity index (χ4v) is 3.00. The van der Waals surface area contributed by atoms with Gasteiger partial charge in [-0.05, 0) is 44.7 Å². The number of urea groups is 1. The molecule has 108 valence electrons. The molecule has 1 aromatic carbocycles. The lowest BCUT2D eigenvalue weighted by atomic mass is 9.87. The van der Waals surface area contributed by atoms with Gasteiger partial charge in [0.05, 0.1) is 12.2 Å². The molecule has 2 heterocycles. The van der Waals surface area contributed by atoms with Gasteiger partial charge in [-0.15, -0.1) is 0 Å². The van der Waals surface area contributed by atoms with Crippen molar-refractivity contribution in [3.63, 3.8) is 0 Å². The summed E-state index contributed by atoms with van der Waals surface area (Å²) in [7, 11) is 0. The van der Waals surface area contributed by atoms with Crippen molar-refractivity contribution in [3.05, 3.63) is 29.8 Å². The minimum atomic E-state index is 0.00484. The van der Waals surface area contributed by atoms with Crippen molar-refractivity contribution in [2.75, 3.05) is 25.0 Å². The van der Waals surface area contributed by atoms with Crippen LogP contribution < -0.4 is 5.32 Å². The highest BCUT2D eigenvalue weighted by Crippen LogP contribution is 2.36. The van der Waals surface area contributed by atoms with Crippen LogP contribution in [0.25, 0.3) is 0 Å². The largest absolute Gasteiger partial charge is 0.375 e. The highest BCUT2D eigenvalue weighted by Gasteiger charge is 2.40. The summed E-state index contributed by atoms with van der Waals surface area (Å²) in [6, 6.07) is 7.92. The Morgan fingerprint density at radius 3 is 2.60 bits per heavy atom. The molecule has 4 nitrogen and oxygen atoms in total. The van der Waals surface area contributed by atoms with Gasteiger partial charge in [0.2, 0.25) is 0 Å². The maximum absolute atomic E-state index is 12.3. The summed E-state index contributed by atoms with van der Waals surface area (Å²) in [5.74, 6) is 0. The molecule has 1 atom stereocenters. The second-order valence-corrected chi connectivity index (χ2v) is 5.92. The van der Waals surface area contributed by atoms with E-state index in [0.717, 1.165) is 51.1 Å². The Bertz CT molecular complexity index is 480. The van der Waals surface area contributed by atoms with Crippen molar-refractivity contribution >= 4 is 11.7 Å². The van der Waals surface area contributed by atoms with Crippen LogP contribution >= 0.6 is 0 Å². The van der Waals surface area contributed by atoms with E-state index in [1.165, 1.54) is 5.56 Å². The second-order valence-electron chi connectivity index (χ2n) is 5.92. The summed E-state index contributed by atoms with van der Waals surface area (Å²) in [4.78, 5) is 14.2. The number of nitrogens with one attached hydrogen (secondary N) is 1. The minimum absolute atomic E-state index is 0.00484. The first-order valence-electron chi connectivity index (χ1n) is 7.44. The number of anilines is 1. The molecule has 2 fully saturated rings. The van der Waals surface area contributed by atoms with Crippen molar-refractivity contribution in [2.24, 2.45) is 0 Å². The lowest BCUT2D eigenvalue weighted by Crippen LogP contribution is -2.44. The smallest absolute Gasteiger partial charge is 0.321 e. The number of likely N-dealkylation sites (tertiary alicyclic amines) is 1. The minimum Gasteiger partial charge on any atom is -0.375 e. The first kappa shape index (κ1) is 13.4. The van der Waals surface area contributed by atoms with E-state index >= 15 is 0 Å². The van der Waals surface area contributed by atoms with Gasteiger partial charge in [-0.25, -0.2) is 4.79 Å². The summed E-state index contributed by atoms with van der Waals surface area (Å²) in [5.41, 5.74) is 2.14. The molecule has 0 aliphatic carbocycles. The topological polar surface area (TPSA) is 41.6 Å². The van der Waals surface area contributed by atoms with E-state index in [9.17, 15) is 4.79 Å². The molecule has 0 aromatic heterocycles. The Kier molecular flexibility index (Phi) is 3.66. The summed E-state index contributed by atoms with van der Waals surface area (Å²) in [6.45, 7) is 4.54. The SMILES string of the molecule is Cc1ccc(NC(=O)N2CCCC3(CCO3)CC2)cc1. The number of carbonyl (C=O) groups excluding carboxylic acids is 1. The third-order valence-corrected chi connectivity index (χ3v) is 4.45. The van der Waals surface area contributed by atoms with Crippen LogP contribution in [0.2, 0.25) is 0 Å². The second kappa shape index (κ2) is 5.44. The van der Waals surface area contributed by atoms with Crippen LogP contribution in [-0.2, 0) is 4.74 Å². The summed E-state index contributed by atoms with van der Waals surface area (Å²) >= 11 is 0. The van der Waals surface area contributed by atoms with E-state index < -0.39 is 0 Å². The van der Waals surface area contributed by atoms with Gasteiger partial charge in [0.25, 0.3) is 0 Å². The van der Waals surface area contributed by atoms with Crippen LogP contribution in [0, 0.1) is 6.92 Å². The number of nitrogens with zero attached hydrogens (tertiary/aromatic N) is 1. The standard InChI is InChI=1S/C16H22N2O2/c1-13-3-5-14(6-4-13)17-15(19)18-10-2-7-16(8-11-18)9-12-20-16/h3-6H,2,7-12H2,1H3,(H,17,19). The third-order valence-electron chi connectivity index (χ3n) is 4.45. The average molecular weight is 274 g/mol. The lowest BCUT2D eigenvalue weighted by Gasteiger charge is -2.41. The average Bonchev–Trinajstić information content (AvgIpc) is 2.64. The van der Waals surface area contributed by atoms with Crippen molar-refractivity contribution < 1.29 is 9.53 Å². The Hall–Kier alpha value is -1.55. The Morgan fingerprint density at radius 1 is 1.20 bits per heavy atom. The van der Waals surface area contributed by atoms with E-state index in [0.29, 0.717) is 0 Å². The zero-order valence-corrected chi connectivity index (χ0v) is 12.0. The Balaban J connectivity index is 1.58. The van der Waals surface area contributed by atoms with E-state index in [-0.39, 0.29) is 11.6 Å². The lowest BCUT2D eigenvalue weighted by molar-refractivity contribution is -0.153. The molecule has 1 aromatic rings. The molecule has 0 radical (unpaired) electrons. The molecular formula is C16H22N2O2. The monoisotopic (exact) mass is 274 g/mol. The van der Waals surface area contributed by atoms with Crippen LogP contribution in [0.1, 0.15) is 31.2 Å². The molecule has 2 aliphatic heterocycles. The molecule has 0 bridgehead atoms. The fraction of sp³-hybridized carbons (Fsp3) is 0.562. The van der Waals surface area contributed by atoms with Gasteiger partial charge in [-0.1, -0.05) is 17.7 Å². The maximum atomic E-state index is 12.3. The van der Waals surface area contributed by atoms with Crippen LogP contribution in [0.3, 0.4) is 0 Å². The molecule has 20 heavy (non-hydrogen) atoms. The molecule has 2 saturated heterocycles. The maximum Gasteiger partial charge on any atom is 0.321 e. The number of rotatable bonds is 1. The van der Waals surface area contributed by atoms with Crippen LogP contribution in [0.5, 0.6) is 0 Å². The van der Waals surface area contributed by atoms with E-state index in [1.807, 2.05) is 36.1 Å². The molecule has 1 spiro atoms. The molecule has 3 rings (SSSR count). The number of hydrogen-bond donors (Lipinski definition) is 1. The first-order chi connectivity index (χ1) is 9.67. The van der Waals surface area contributed by atoms with Crippen molar-refractivity contribution in [1.82, 2.24) is 4.90 Å². The number of ether oxygens (including phenoxy) is 1. The highest BCUT2D eigenvalue weighted by atomic mass is 16.5. The summed E-state index contributed by atoms with van der Waals surface area (Å²) in [6.07, 6.45) is 4.23. The molecular weight excluding hydrogens is 252 g/mol. The third kappa shape index (κ3) is 2.80. The molecule has 4 heteroatoms. The quantitative estimate of drug-likeness (QED) is 0.854.